The minimum absolute atomic E-state index is 0.0831. The fraction of sp³-hybridized carbons (Fsp3) is 0.452. The summed E-state index contributed by atoms with van der Waals surface area (Å²) in [4.78, 5) is 35.4. The van der Waals surface area contributed by atoms with E-state index in [9.17, 15) is 14.7 Å². The summed E-state index contributed by atoms with van der Waals surface area (Å²) in [6, 6.07) is 12.4. The molecule has 1 saturated heterocycles. The van der Waals surface area contributed by atoms with Crippen molar-refractivity contribution in [2.45, 2.75) is 59.4 Å². The normalized spacial score (nSPS) is 17.1. The van der Waals surface area contributed by atoms with E-state index in [2.05, 4.69) is 30.7 Å². The van der Waals surface area contributed by atoms with Crippen LogP contribution < -0.4 is 4.74 Å². The van der Waals surface area contributed by atoms with E-state index in [1.54, 1.807) is 22.4 Å². The van der Waals surface area contributed by atoms with Crippen molar-refractivity contribution in [1.82, 2.24) is 19.2 Å². The molecule has 0 saturated carbocycles. The zero-order chi connectivity index (χ0) is 27.9. The average molecular weight is 533 g/mol. The summed E-state index contributed by atoms with van der Waals surface area (Å²) < 4.78 is 7.75. The molecule has 1 atom stereocenters. The number of unbranched alkanes of at least 4 members (excludes halogenated alkanes) is 2. The van der Waals surface area contributed by atoms with Crippen molar-refractivity contribution < 1.29 is 19.4 Å². The fourth-order valence-electron chi connectivity index (χ4n) is 5.30. The molecule has 0 spiro atoms. The van der Waals surface area contributed by atoms with Crippen molar-refractivity contribution in [3.8, 4) is 5.75 Å². The molecule has 4 rings (SSSR count). The first-order valence-corrected chi connectivity index (χ1v) is 14.1. The number of carbonyl (C=O) groups excluding carboxylic acids is 2. The van der Waals surface area contributed by atoms with Gasteiger partial charge in [-0.05, 0) is 69.2 Å². The lowest BCUT2D eigenvalue weighted by atomic mass is 9.96. The highest BCUT2D eigenvalue weighted by molar-refractivity contribution is 6.46. The van der Waals surface area contributed by atoms with Crippen LogP contribution in [0, 0.1) is 6.92 Å². The molecular formula is C31H40N4O4. The number of rotatable bonds is 13. The first-order valence-electron chi connectivity index (χ1n) is 14.1. The molecule has 0 bridgehead atoms. The van der Waals surface area contributed by atoms with Crippen molar-refractivity contribution in [3.05, 3.63) is 71.2 Å². The molecule has 1 unspecified atom stereocenters. The van der Waals surface area contributed by atoms with Gasteiger partial charge in [0.1, 0.15) is 17.1 Å². The molecule has 8 nitrogen and oxygen atoms in total. The Hall–Kier alpha value is -3.65. The van der Waals surface area contributed by atoms with E-state index in [1.165, 1.54) is 0 Å². The molecule has 0 radical (unpaired) electrons. The number of amides is 1. The number of Topliss-reactive ketones (excluding diaryl/α,β-unsaturated/α-hetero) is 1. The van der Waals surface area contributed by atoms with Gasteiger partial charge < -0.3 is 19.6 Å². The van der Waals surface area contributed by atoms with Gasteiger partial charge in [-0.25, -0.2) is 4.98 Å². The molecular weight excluding hydrogens is 492 g/mol. The summed E-state index contributed by atoms with van der Waals surface area (Å²) in [5.41, 5.74) is 2.48. The van der Waals surface area contributed by atoms with E-state index >= 15 is 0 Å². The maximum absolute atomic E-state index is 13.5. The van der Waals surface area contributed by atoms with Gasteiger partial charge in [-0.15, -0.1) is 0 Å². The van der Waals surface area contributed by atoms with Gasteiger partial charge in [-0.2, -0.15) is 0 Å². The smallest absolute Gasteiger partial charge is 0.295 e. The lowest BCUT2D eigenvalue weighted by Crippen LogP contribution is -2.33. The van der Waals surface area contributed by atoms with Gasteiger partial charge in [-0.3, -0.25) is 14.0 Å². The number of ketones is 1. The Morgan fingerprint density at radius 3 is 2.59 bits per heavy atom. The monoisotopic (exact) mass is 532 g/mol. The summed E-state index contributed by atoms with van der Waals surface area (Å²) in [6.45, 7) is 11.8. The first-order chi connectivity index (χ1) is 18.9. The third-order valence-corrected chi connectivity index (χ3v) is 7.43. The third-order valence-electron chi connectivity index (χ3n) is 7.43. The third kappa shape index (κ3) is 6.01. The summed E-state index contributed by atoms with van der Waals surface area (Å²) in [5.74, 6) is -0.805. The molecule has 0 aliphatic carbocycles. The summed E-state index contributed by atoms with van der Waals surface area (Å²) in [6.07, 6.45) is 5.66. The summed E-state index contributed by atoms with van der Waals surface area (Å²) >= 11 is 0. The molecule has 1 aliphatic heterocycles. The van der Waals surface area contributed by atoms with Crippen LogP contribution in [0.25, 0.3) is 11.4 Å². The number of ether oxygens (including phenoxy) is 1. The second kappa shape index (κ2) is 12.9. The highest BCUT2D eigenvalue weighted by atomic mass is 16.5. The number of aliphatic hydroxyl groups is 1. The quantitative estimate of drug-likeness (QED) is 0.138. The van der Waals surface area contributed by atoms with Gasteiger partial charge in [0.2, 0.25) is 0 Å². The van der Waals surface area contributed by atoms with E-state index in [0.717, 1.165) is 44.5 Å². The number of carbonyl (C=O) groups is 2. The Morgan fingerprint density at radius 1 is 1.05 bits per heavy atom. The number of nitrogens with zero attached hydrogens (tertiary/aromatic N) is 4. The highest BCUT2D eigenvalue weighted by Gasteiger charge is 2.46. The first kappa shape index (κ1) is 28.4. The molecule has 3 heterocycles. The van der Waals surface area contributed by atoms with Crippen molar-refractivity contribution in [2.75, 3.05) is 32.8 Å². The molecule has 39 heavy (non-hydrogen) atoms. The maximum atomic E-state index is 13.5. The number of hydrogen-bond acceptors (Lipinski definition) is 6. The van der Waals surface area contributed by atoms with Crippen LogP contribution in [0.4, 0.5) is 0 Å². The molecule has 8 heteroatoms. The van der Waals surface area contributed by atoms with Gasteiger partial charge >= 0.3 is 0 Å². The van der Waals surface area contributed by atoms with Crippen LogP contribution in [0.1, 0.15) is 69.4 Å². The van der Waals surface area contributed by atoms with Crippen molar-refractivity contribution >= 4 is 23.1 Å². The van der Waals surface area contributed by atoms with Gasteiger partial charge in [0.25, 0.3) is 11.7 Å². The lowest BCUT2D eigenvalue weighted by Gasteiger charge is -2.27. The van der Waals surface area contributed by atoms with Crippen LogP contribution in [-0.2, 0) is 9.59 Å². The Balaban J connectivity index is 1.77. The number of benzene rings is 1. The van der Waals surface area contributed by atoms with Crippen LogP contribution in [0.15, 0.2) is 54.2 Å². The van der Waals surface area contributed by atoms with Crippen LogP contribution in [0.2, 0.25) is 0 Å². The average Bonchev–Trinajstić information content (AvgIpc) is 3.41. The molecule has 2 aromatic heterocycles. The Kier molecular flexibility index (Phi) is 9.41. The van der Waals surface area contributed by atoms with Crippen LogP contribution in [0.5, 0.6) is 5.75 Å². The van der Waals surface area contributed by atoms with E-state index < -0.39 is 17.7 Å². The minimum atomic E-state index is -0.727. The van der Waals surface area contributed by atoms with Crippen LogP contribution in [0.3, 0.4) is 0 Å². The Labute approximate surface area is 230 Å². The molecule has 1 aliphatic rings. The Bertz CT molecular complexity index is 1340. The second-order valence-electron chi connectivity index (χ2n) is 9.98. The largest absolute Gasteiger partial charge is 0.505 e. The second-order valence-corrected chi connectivity index (χ2v) is 9.98. The summed E-state index contributed by atoms with van der Waals surface area (Å²) in [7, 11) is 0. The zero-order valence-corrected chi connectivity index (χ0v) is 23.5. The highest BCUT2D eigenvalue weighted by Crippen LogP contribution is 2.41. The number of likely N-dealkylation sites (tertiary alicyclic amines) is 1. The van der Waals surface area contributed by atoms with Gasteiger partial charge in [0.15, 0.2) is 5.76 Å². The molecule has 1 aromatic carbocycles. The zero-order valence-electron chi connectivity index (χ0n) is 23.5. The van der Waals surface area contributed by atoms with E-state index in [-0.39, 0.29) is 11.3 Å². The summed E-state index contributed by atoms with van der Waals surface area (Å²) in [5, 5.41) is 11.7. The van der Waals surface area contributed by atoms with Gasteiger partial charge in [0, 0.05) is 12.7 Å². The topological polar surface area (TPSA) is 87.4 Å². The maximum Gasteiger partial charge on any atom is 0.295 e. The van der Waals surface area contributed by atoms with Crippen molar-refractivity contribution in [2.24, 2.45) is 0 Å². The number of pyridine rings is 1. The number of hydrogen-bond donors (Lipinski definition) is 1. The number of aryl methyl sites for hydroxylation is 1. The fourth-order valence-corrected chi connectivity index (χ4v) is 5.30. The number of fused-ring (bicyclic) bond motifs is 1. The molecule has 208 valence electrons. The van der Waals surface area contributed by atoms with E-state index in [4.69, 9.17) is 4.74 Å². The van der Waals surface area contributed by atoms with E-state index in [1.807, 2.05) is 42.5 Å². The standard InChI is InChI=1S/C31H40N4O4/c1-5-8-11-20-39-24-15-12-14-23(21-24)28-26(29(36)27-22(4)32-25-16-9-10-18-34(25)27)30(37)31(38)35(28)19-13-17-33(6-2)7-3/h9-10,12,14-16,18,21,28,36H,5-8,11,13,17,19-20H2,1-4H3. The SMILES string of the molecule is CCCCCOc1cccc(C2C(=C(O)c3c(C)nc4ccccn34)C(=O)C(=O)N2CCCN(CC)CC)c1. The van der Waals surface area contributed by atoms with Gasteiger partial charge in [0.05, 0.1) is 23.9 Å². The molecule has 3 aromatic rings. The molecule has 1 amide bonds. The van der Waals surface area contributed by atoms with Crippen LogP contribution >= 0.6 is 0 Å². The number of aromatic nitrogens is 2. The Morgan fingerprint density at radius 2 is 1.85 bits per heavy atom. The predicted octanol–water partition coefficient (Wildman–Crippen LogP) is 5.37. The van der Waals surface area contributed by atoms with Gasteiger partial charge in [-0.1, -0.05) is 51.8 Å². The van der Waals surface area contributed by atoms with Crippen molar-refractivity contribution in [1.29, 1.82) is 0 Å². The van der Waals surface area contributed by atoms with Crippen molar-refractivity contribution in [3.63, 3.8) is 0 Å². The lowest BCUT2D eigenvalue weighted by molar-refractivity contribution is -0.140. The number of aliphatic hydroxyl groups excluding tert-OH is 1. The van der Waals surface area contributed by atoms with Crippen LogP contribution in [-0.4, -0.2) is 68.8 Å². The molecule has 1 N–H and O–H groups in total. The minimum Gasteiger partial charge on any atom is -0.505 e. The number of imidazole rings is 1. The molecule has 1 fully saturated rings. The van der Waals surface area contributed by atoms with E-state index in [0.29, 0.717) is 42.4 Å². The predicted molar refractivity (Wildman–Crippen MR) is 153 cm³/mol.